The Kier molecular flexibility index (Phi) is 4.39. The molecule has 0 spiro atoms. The fourth-order valence-corrected chi connectivity index (χ4v) is 1.90. The van der Waals surface area contributed by atoms with Gasteiger partial charge in [0.1, 0.15) is 0 Å². The fraction of sp³-hybridized carbons (Fsp3) is 0.0714. The van der Waals surface area contributed by atoms with Crippen molar-refractivity contribution < 1.29 is 14.7 Å². The third-order valence-corrected chi connectivity index (χ3v) is 3.10. The first-order valence-electron chi connectivity index (χ1n) is 5.96. The number of carboxylic acids is 1. The lowest BCUT2D eigenvalue weighted by Gasteiger charge is -2.17. The lowest BCUT2D eigenvalue weighted by atomic mass is 10.2. The molecule has 2 amide bonds. The smallest absolute Gasteiger partial charge is 0.337 e. The molecular weight excluding hydrogens is 294 g/mol. The van der Waals surface area contributed by atoms with E-state index in [2.05, 4.69) is 10.3 Å². The Labute approximate surface area is 126 Å². The molecule has 0 fully saturated rings. The highest BCUT2D eigenvalue weighted by molar-refractivity contribution is 6.33. The van der Waals surface area contributed by atoms with Crippen LogP contribution in [0.2, 0.25) is 5.02 Å². The molecule has 0 saturated carbocycles. The summed E-state index contributed by atoms with van der Waals surface area (Å²) in [6.45, 7) is 0. The van der Waals surface area contributed by atoms with E-state index < -0.39 is 5.97 Å². The van der Waals surface area contributed by atoms with E-state index in [-0.39, 0.29) is 16.6 Å². The van der Waals surface area contributed by atoms with Gasteiger partial charge in [-0.15, -0.1) is 0 Å². The van der Waals surface area contributed by atoms with Gasteiger partial charge in [0.15, 0.2) is 0 Å². The number of nitrogens with zero attached hydrogens (tertiary/aromatic N) is 2. The summed E-state index contributed by atoms with van der Waals surface area (Å²) in [6, 6.07) is 7.28. The normalized spacial score (nSPS) is 10.0. The second kappa shape index (κ2) is 6.23. The number of hydrogen-bond donors (Lipinski definition) is 2. The number of carbonyl (C=O) groups is 2. The average Bonchev–Trinajstić information content (AvgIpc) is 2.47. The van der Waals surface area contributed by atoms with Crippen LogP contribution >= 0.6 is 11.6 Å². The van der Waals surface area contributed by atoms with Crippen LogP contribution in [0, 0.1) is 0 Å². The summed E-state index contributed by atoms with van der Waals surface area (Å²) >= 11 is 5.85. The monoisotopic (exact) mass is 305 g/mol. The molecule has 0 atom stereocenters. The summed E-state index contributed by atoms with van der Waals surface area (Å²) in [7, 11) is 1.60. The maximum atomic E-state index is 12.1. The molecule has 1 aromatic carbocycles. The van der Waals surface area contributed by atoms with E-state index >= 15 is 0 Å². The number of amides is 2. The maximum absolute atomic E-state index is 12.1. The topological polar surface area (TPSA) is 82.5 Å². The number of nitrogens with one attached hydrogen (secondary N) is 1. The van der Waals surface area contributed by atoms with Gasteiger partial charge in [0, 0.05) is 18.9 Å². The van der Waals surface area contributed by atoms with E-state index in [1.54, 1.807) is 31.6 Å². The van der Waals surface area contributed by atoms with Gasteiger partial charge in [0.05, 0.1) is 22.5 Å². The predicted molar refractivity (Wildman–Crippen MR) is 80.1 cm³/mol. The standard InChI is InChI=1S/C14H12ClN3O3/c1-18(10-3-2-6-16-8-10)14(21)17-9-4-5-11(13(19)20)12(15)7-9/h2-8H,1H3,(H,17,21)(H,19,20). The highest BCUT2D eigenvalue weighted by Crippen LogP contribution is 2.21. The first-order chi connectivity index (χ1) is 9.99. The number of carboxylic acid groups (broad SMARTS) is 1. The Hall–Kier alpha value is -2.60. The molecule has 7 heteroatoms. The zero-order valence-corrected chi connectivity index (χ0v) is 11.8. The van der Waals surface area contributed by atoms with Gasteiger partial charge in [-0.25, -0.2) is 9.59 Å². The van der Waals surface area contributed by atoms with Gasteiger partial charge < -0.3 is 10.4 Å². The van der Waals surface area contributed by atoms with Crippen LogP contribution in [-0.4, -0.2) is 29.1 Å². The zero-order valence-electron chi connectivity index (χ0n) is 11.1. The Bertz CT molecular complexity index is 676. The molecule has 0 aliphatic heterocycles. The van der Waals surface area contributed by atoms with Gasteiger partial charge >= 0.3 is 12.0 Å². The van der Waals surface area contributed by atoms with Crippen molar-refractivity contribution in [3.05, 3.63) is 53.3 Å². The van der Waals surface area contributed by atoms with Crippen LogP contribution in [0.5, 0.6) is 0 Å². The quantitative estimate of drug-likeness (QED) is 0.912. The lowest BCUT2D eigenvalue weighted by Crippen LogP contribution is -2.31. The number of urea groups is 1. The minimum atomic E-state index is -1.12. The average molecular weight is 306 g/mol. The van der Waals surface area contributed by atoms with E-state index in [1.807, 2.05) is 0 Å². The Balaban J connectivity index is 2.13. The second-order valence-electron chi connectivity index (χ2n) is 4.20. The minimum absolute atomic E-state index is 0.0183. The molecule has 108 valence electrons. The van der Waals surface area contributed by atoms with Crippen molar-refractivity contribution >= 4 is 35.0 Å². The molecule has 6 nitrogen and oxygen atoms in total. The molecule has 2 aromatic rings. The van der Waals surface area contributed by atoms with Crippen LogP contribution in [0.1, 0.15) is 10.4 Å². The summed E-state index contributed by atoms with van der Waals surface area (Å²) < 4.78 is 0. The second-order valence-corrected chi connectivity index (χ2v) is 4.61. The number of halogens is 1. The van der Waals surface area contributed by atoms with Crippen LogP contribution < -0.4 is 10.2 Å². The van der Waals surface area contributed by atoms with Gasteiger partial charge in [-0.1, -0.05) is 11.6 Å². The summed E-state index contributed by atoms with van der Waals surface area (Å²) in [4.78, 5) is 28.2. The van der Waals surface area contributed by atoms with Crippen molar-refractivity contribution in [1.29, 1.82) is 0 Å². The molecule has 21 heavy (non-hydrogen) atoms. The van der Waals surface area contributed by atoms with E-state index in [4.69, 9.17) is 16.7 Å². The number of hydrogen-bond acceptors (Lipinski definition) is 3. The Morgan fingerprint density at radius 1 is 1.33 bits per heavy atom. The van der Waals surface area contributed by atoms with Gasteiger partial charge in [-0.05, 0) is 30.3 Å². The molecule has 1 aromatic heterocycles. The highest BCUT2D eigenvalue weighted by atomic mass is 35.5. The van der Waals surface area contributed by atoms with Crippen molar-refractivity contribution in [2.45, 2.75) is 0 Å². The first-order valence-corrected chi connectivity index (χ1v) is 6.34. The number of aromatic carboxylic acids is 1. The Morgan fingerprint density at radius 3 is 2.67 bits per heavy atom. The maximum Gasteiger partial charge on any atom is 0.337 e. The minimum Gasteiger partial charge on any atom is -0.478 e. The molecule has 0 unspecified atom stereocenters. The molecular formula is C14H12ClN3O3. The van der Waals surface area contributed by atoms with Crippen LogP contribution in [0.25, 0.3) is 0 Å². The van der Waals surface area contributed by atoms with Gasteiger partial charge in [-0.3, -0.25) is 9.88 Å². The van der Waals surface area contributed by atoms with Crippen molar-refractivity contribution in [2.75, 3.05) is 17.3 Å². The molecule has 2 N–H and O–H groups in total. The summed E-state index contributed by atoms with van der Waals surface area (Å²) in [6.07, 6.45) is 3.17. The predicted octanol–water partition coefficient (Wildman–Crippen LogP) is 3.10. The van der Waals surface area contributed by atoms with Gasteiger partial charge in [0.2, 0.25) is 0 Å². The first kappa shape index (κ1) is 14.8. The fourth-order valence-electron chi connectivity index (χ4n) is 1.64. The zero-order chi connectivity index (χ0) is 15.4. The molecule has 0 saturated heterocycles. The van der Waals surface area contributed by atoms with E-state index in [0.717, 1.165) is 0 Å². The summed E-state index contributed by atoms with van der Waals surface area (Å²) in [5, 5.41) is 11.6. The van der Waals surface area contributed by atoms with E-state index in [9.17, 15) is 9.59 Å². The van der Waals surface area contributed by atoms with E-state index in [1.165, 1.54) is 23.1 Å². The van der Waals surface area contributed by atoms with Crippen molar-refractivity contribution in [2.24, 2.45) is 0 Å². The third-order valence-electron chi connectivity index (χ3n) is 2.79. The molecule has 0 bridgehead atoms. The molecule has 2 rings (SSSR count). The number of rotatable bonds is 3. The van der Waals surface area contributed by atoms with Crippen LogP contribution in [0.3, 0.4) is 0 Å². The Morgan fingerprint density at radius 2 is 2.10 bits per heavy atom. The molecule has 0 aliphatic carbocycles. The van der Waals surface area contributed by atoms with Crippen molar-refractivity contribution in [3.8, 4) is 0 Å². The van der Waals surface area contributed by atoms with Crippen molar-refractivity contribution in [3.63, 3.8) is 0 Å². The summed E-state index contributed by atoms with van der Waals surface area (Å²) in [5.41, 5.74) is 1.02. The van der Waals surface area contributed by atoms with Gasteiger partial charge in [0.25, 0.3) is 0 Å². The number of pyridine rings is 1. The van der Waals surface area contributed by atoms with Crippen LogP contribution in [0.15, 0.2) is 42.7 Å². The molecule has 0 aliphatic rings. The molecule has 1 heterocycles. The van der Waals surface area contributed by atoms with Gasteiger partial charge in [-0.2, -0.15) is 0 Å². The highest BCUT2D eigenvalue weighted by Gasteiger charge is 2.13. The molecule has 0 radical (unpaired) electrons. The van der Waals surface area contributed by atoms with E-state index in [0.29, 0.717) is 11.4 Å². The van der Waals surface area contributed by atoms with Crippen LogP contribution in [0.4, 0.5) is 16.2 Å². The third kappa shape index (κ3) is 3.49. The number of benzene rings is 1. The van der Waals surface area contributed by atoms with Crippen molar-refractivity contribution in [1.82, 2.24) is 4.98 Å². The largest absolute Gasteiger partial charge is 0.478 e. The SMILES string of the molecule is CN(C(=O)Nc1ccc(C(=O)O)c(Cl)c1)c1cccnc1. The summed E-state index contributed by atoms with van der Waals surface area (Å²) in [5.74, 6) is -1.12. The number of anilines is 2. The number of aromatic nitrogens is 1. The number of carbonyl (C=O) groups excluding carboxylic acids is 1. The lowest BCUT2D eigenvalue weighted by molar-refractivity contribution is 0.0697. The van der Waals surface area contributed by atoms with Crippen LogP contribution in [-0.2, 0) is 0 Å².